The molecule has 0 radical (unpaired) electrons. The lowest BCUT2D eigenvalue weighted by Crippen LogP contribution is -2.25. The Morgan fingerprint density at radius 1 is 1.57 bits per heavy atom. The number of hydrogen-bond donors (Lipinski definition) is 2. The van der Waals surface area contributed by atoms with Crippen LogP contribution in [0.25, 0.3) is 0 Å². The number of nitrogens with one attached hydrogen (secondary N) is 1. The van der Waals surface area contributed by atoms with Gasteiger partial charge in [0.25, 0.3) is 5.56 Å². The van der Waals surface area contributed by atoms with Crippen LogP contribution in [-0.4, -0.2) is 39.3 Å². The first-order chi connectivity index (χ1) is 11.0. The number of hydrogen-bond acceptors (Lipinski definition) is 6. The molecular weight excluding hydrogens is 320 g/mol. The Bertz CT molecular complexity index is 856. The van der Waals surface area contributed by atoms with E-state index in [0.29, 0.717) is 5.75 Å². The highest BCUT2D eigenvalue weighted by Crippen LogP contribution is 2.10. The number of H-pyrrole nitrogens is 1. The zero-order valence-electron chi connectivity index (χ0n) is 12.2. The molecule has 1 heterocycles. The summed E-state index contributed by atoms with van der Waals surface area (Å²) in [5.74, 6) is -0.358. The van der Waals surface area contributed by atoms with Gasteiger partial charge in [0.1, 0.15) is 11.4 Å². The van der Waals surface area contributed by atoms with E-state index in [0.717, 1.165) is 10.2 Å². The molecule has 2 N–H and O–H groups in total. The summed E-state index contributed by atoms with van der Waals surface area (Å²) in [5, 5.41) is 19.0. The molecule has 0 aliphatic rings. The second-order valence-corrected chi connectivity index (χ2v) is 4.89. The predicted molar refractivity (Wildman–Crippen MR) is 85.6 cm³/mol. The van der Waals surface area contributed by atoms with Gasteiger partial charge in [-0.25, -0.2) is 0 Å². The highest BCUT2D eigenvalue weighted by Gasteiger charge is 2.08. The number of nitrogens with zero attached hydrogens (tertiary/aromatic N) is 3. The fraction of sp³-hybridized carbons (Fsp3) is 0.214. The molecule has 1 aromatic carbocycles. The third-order valence-corrected chi connectivity index (χ3v) is 3.17. The molecular formula is C14H14N4O4S. The van der Waals surface area contributed by atoms with Gasteiger partial charge in [-0.3, -0.25) is 14.7 Å². The summed E-state index contributed by atoms with van der Waals surface area (Å²) >= 11 is 4.99. The van der Waals surface area contributed by atoms with E-state index < -0.39 is 11.5 Å². The molecule has 2 aromatic rings. The molecule has 23 heavy (non-hydrogen) atoms. The number of carbonyl (C=O) groups is 1. The molecule has 1 aromatic heterocycles. The normalized spacial score (nSPS) is 10.8. The highest BCUT2D eigenvalue weighted by molar-refractivity contribution is 7.71. The van der Waals surface area contributed by atoms with E-state index >= 15 is 0 Å². The van der Waals surface area contributed by atoms with Crippen LogP contribution in [0.15, 0.2) is 34.2 Å². The first-order valence-electron chi connectivity index (χ1n) is 6.62. The Morgan fingerprint density at radius 2 is 2.35 bits per heavy atom. The maximum absolute atomic E-state index is 12.2. The van der Waals surface area contributed by atoms with E-state index in [-0.39, 0.29) is 23.3 Å². The molecule has 0 amide bonds. The minimum absolute atomic E-state index is 0.00500. The molecule has 9 heteroatoms. The number of methoxy groups -OCH3 is 1. The highest BCUT2D eigenvalue weighted by atomic mass is 32.1. The Hall–Kier alpha value is -2.81. The zero-order chi connectivity index (χ0) is 16.8. The molecule has 0 saturated carbocycles. The lowest BCUT2D eigenvalue weighted by molar-refractivity contribution is -0.136. The number of aliphatic carboxylic acids is 1. The third kappa shape index (κ3) is 4.33. The van der Waals surface area contributed by atoms with Crippen molar-refractivity contribution in [1.82, 2.24) is 14.9 Å². The Balaban J connectivity index is 2.33. The number of carboxylic acids is 1. The number of carboxylic acid groups (broad SMARTS) is 1. The third-order valence-electron chi connectivity index (χ3n) is 2.91. The standard InChI is InChI=1S/C14H14N4O4S/c1-22-10-4-2-3-9(7-10)8-15-18-13(21)11(5-6-12(19)20)16-17-14(18)23/h2-4,7-8H,5-6H2,1H3,(H,17,23)(H,19,20)/b15-8-. The predicted octanol–water partition coefficient (Wildman–Crippen LogP) is 1.21. The van der Waals surface area contributed by atoms with E-state index in [1.807, 2.05) is 0 Å². The van der Waals surface area contributed by atoms with E-state index in [4.69, 9.17) is 22.1 Å². The second kappa shape index (κ2) is 7.45. The molecule has 0 bridgehead atoms. The van der Waals surface area contributed by atoms with Crippen molar-refractivity contribution >= 4 is 24.4 Å². The largest absolute Gasteiger partial charge is 0.497 e. The summed E-state index contributed by atoms with van der Waals surface area (Å²) in [7, 11) is 1.55. The van der Waals surface area contributed by atoms with E-state index in [1.165, 1.54) is 6.21 Å². The van der Waals surface area contributed by atoms with Crippen LogP contribution in [-0.2, 0) is 11.2 Å². The molecule has 0 unspecified atom stereocenters. The lowest BCUT2D eigenvalue weighted by Gasteiger charge is -2.02. The number of rotatable bonds is 6. The number of aromatic amines is 1. The summed E-state index contributed by atoms with van der Waals surface area (Å²) < 4.78 is 6.10. The van der Waals surface area contributed by atoms with Crippen molar-refractivity contribution in [2.45, 2.75) is 12.8 Å². The van der Waals surface area contributed by atoms with Crippen LogP contribution in [0.5, 0.6) is 5.75 Å². The van der Waals surface area contributed by atoms with Gasteiger partial charge in [-0.2, -0.15) is 14.9 Å². The van der Waals surface area contributed by atoms with E-state index in [1.54, 1.807) is 31.4 Å². The number of aromatic nitrogens is 3. The monoisotopic (exact) mass is 334 g/mol. The number of benzene rings is 1. The first-order valence-corrected chi connectivity index (χ1v) is 7.03. The molecule has 0 fully saturated rings. The molecule has 0 aliphatic carbocycles. The van der Waals surface area contributed by atoms with Gasteiger partial charge in [-0.05, 0) is 29.9 Å². The van der Waals surface area contributed by atoms with E-state index in [2.05, 4.69) is 15.3 Å². The van der Waals surface area contributed by atoms with Gasteiger partial charge in [0.2, 0.25) is 4.77 Å². The van der Waals surface area contributed by atoms with Crippen molar-refractivity contribution in [3.8, 4) is 5.75 Å². The maximum Gasteiger partial charge on any atom is 0.303 e. The number of aryl methyl sites for hydroxylation is 1. The Kier molecular flexibility index (Phi) is 5.36. The van der Waals surface area contributed by atoms with Crippen molar-refractivity contribution in [2.75, 3.05) is 7.11 Å². The molecule has 0 saturated heterocycles. The van der Waals surface area contributed by atoms with Crippen molar-refractivity contribution in [3.63, 3.8) is 0 Å². The smallest absolute Gasteiger partial charge is 0.303 e. The van der Waals surface area contributed by atoms with Crippen LogP contribution in [0.2, 0.25) is 0 Å². The van der Waals surface area contributed by atoms with Crippen LogP contribution in [0.3, 0.4) is 0 Å². The second-order valence-electron chi connectivity index (χ2n) is 4.51. The van der Waals surface area contributed by atoms with Gasteiger partial charge >= 0.3 is 5.97 Å². The summed E-state index contributed by atoms with van der Waals surface area (Å²) in [6, 6.07) is 7.10. The summed E-state index contributed by atoms with van der Waals surface area (Å²) in [6.07, 6.45) is 1.25. The first kappa shape index (κ1) is 16.6. The summed E-state index contributed by atoms with van der Waals surface area (Å²) in [5.41, 5.74) is 0.229. The van der Waals surface area contributed by atoms with Crippen molar-refractivity contribution in [2.24, 2.45) is 5.10 Å². The molecule has 0 aliphatic heterocycles. The van der Waals surface area contributed by atoms with Gasteiger partial charge < -0.3 is 9.84 Å². The quantitative estimate of drug-likeness (QED) is 0.607. The summed E-state index contributed by atoms with van der Waals surface area (Å²) in [4.78, 5) is 22.8. The number of ether oxygens (including phenoxy) is 1. The van der Waals surface area contributed by atoms with Crippen molar-refractivity contribution < 1.29 is 14.6 Å². The van der Waals surface area contributed by atoms with Gasteiger partial charge in [0.15, 0.2) is 0 Å². The fourth-order valence-electron chi connectivity index (χ4n) is 1.76. The van der Waals surface area contributed by atoms with Gasteiger partial charge in [-0.1, -0.05) is 12.1 Å². The molecule has 2 rings (SSSR count). The average molecular weight is 334 g/mol. The van der Waals surface area contributed by atoms with Crippen molar-refractivity contribution in [3.05, 3.63) is 50.6 Å². The van der Waals surface area contributed by atoms with Crippen LogP contribution in [0.1, 0.15) is 17.7 Å². The zero-order valence-corrected chi connectivity index (χ0v) is 13.0. The Morgan fingerprint density at radius 3 is 3.04 bits per heavy atom. The van der Waals surface area contributed by atoms with Crippen LogP contribution in [0, 0.1) is 4.77 Å². The average Bonchev–Trinajstić information content (AvgIpc) is 2.54. The Labute approximate surface area is 136 Å². The van der Waals surface area contributed by atoms with Gasteiger partial charge in [-0.15, -0.1) is 0 Å². The minimum atomic E-state index is -1.01. The minimum Gasteiger partial charge on any atom is -0.497 e. The SMILES string of the molecule is COc1cccc(/C=N\n2c(=S)[nH]nc(CCC(=O)O)c2=O)c1. The van der Waals surface area contributed by atoms with Gasteiger partial charge in [0.05, 0.1) is 19.7 Å². The lowest BCUT2D eigenvalue weighted by atomic mass is 10.2. The molecule has 8 nitrogen and oxygen atoms in total. The molecule has 0 spiro atoms. The van der Waals surface area contributed by atoms with Crippen LogP contribution < -0.4 is 10.3 Å². The van der Waals surface area contributed by atoms with E-state index in [9.17, 15) is 9.59 Å². The van der Waals surface area contributed by atoms with Crippen molar-refractivity contribution in [1.29, 1.82) is 0 Å². The molecule has 120 valence electrons. The van der Waals surface area contributed by atoms with Crippen LogP contribution >= 0.6 is 12.2 Å². The topological polar surface area (TPSA) is 110 Å². The summed E-state index contributed by atoms with van der Waals surface area (Å²) in [6.45, 7) is 0. The van der Waals surface area contributed by atoms with Gasteiger partial charge in [0, 0.05) is 6.42 Å². The maximum atomic E-state index is 12.2. The molecule has 0 atom stereocenters. The van der Waals surface area contributed by atoms with Crippen LogP contribution in [0.4, 0.5) is 0 Å². The fourth-order valence-corrected chi connectivity index (χ4v) is 1.94.